The highest BCUT2D eigenvalue weighted by Gasteiger charge is 2.51. The minimum atomic E-state index is -1.92. The lowest BCUT2D eigenvalue weighted by atomic mass is 9.83. The maximum atomic E-state index is 14.4. The topological polar surface area (TPSA) is 116 Å². The molecule has 1 unspecified atom stereocenters. The van der Waals surface area contributed by atoms with Gasteiger partial charge in [0, 0.05) is 12.2 Å². The van der Waals surface area contributed by atoms with Gasteiger partial charge in [-0.15, -0.1) is 0 Å². The van der Waals surface area contributed by atoms with Crippen LogP contribution in [0.25, 0.3) is 11.1 Å². The zero-order chi connectivity index (χ0) is 33.1. The number of alkyl carbamates (subject to hydrolysis) is 1. The molecule has 0 radical (unpaired) electrons. The number of ether oxygens (including phenoxy) is 1. The van der Waals surface area contributed by atoms with Crippen molar-refractivity contribution in [3.8, 4) is 11.1 Å². The fourth-order valence-electron chi connectivity index (χ4n) is 5.51. The van der Waals surface area contributed by atoms with E-state index in [2.05, 4.69) is 5.32 Å². The molecular formula is C37H37N3O6. The molecule has 46 heavy (non-hydrogen) atoms. The standard InChI is InChI=1S/C37H37N3O6/c1-36(2,3)46-35(45)38-23-26-11-10-14-29(21-26)40-31-16-9-8-15-30(31)39(33(43)37(4,34(40)44)22-32(41)42)24-25-17-19-28(20-18-25)27-12-6-5-7-13-27/h5-21H,22-24H2,1-4H3,(H,38,45)(H,41,42). The number of aliphatic carboxylic acids is 1. The summed E-state index contributed by atoms with van der Waals surface area (Å²) in [5, 5.41) is 12.6. The second-order valence-electron chi connectivity index (χ2n) is 12.5. The first-order valence-electron chi connectivity index (χ1n) is 15.0. The number of fused-ring (bicyclic) bond motifs is 1. The summed E-state index contributed by atoms with van der Waals surface area (Å²) in [7, 11) is 0. The number of amides is 3. The van der Waals surface area contributed by atoms with Crippen LogP contribution in [-0.2, 0) is 32.2 Å². The van der Waals surface area contributed by atoms with Crippen molar-refractivity contribution in [3.05, 3.63) is 114 Å². The fraction of sp³-hybridized carbons (Fsp3) is 0.243. The third-order valence-electron chi connectivity index (χ3n) is 7.72. The van der Waals surface area contributed by atoms with E-state index in [0.29, 0.717) is 22.6 Å². The Morgan fingerprint density at radius 1 is 0.783 bits per heavy atom. The molecule has 3 amide bonds. The molecule has 0 fully saturated rings. The predicted octanol–water partition coefficient (Wildman–Crippen LogP) is 7.07. The van der Waals surface area contributed by atoms with Crippen molar-refractivity contribution in [2.45, 2.75) is 52.8 Å². The number of benzene rings is 4. The number of carboxylic acid groups (broad SMARTS) is 1. The minimum Gasteiger partial charge on any atom is -0.481 e. The van der Waals surface area contributed by atoms with Crippen LogP contribution in [-0.4, -0.2) is 34.6 Å². The number of nitrogens with one attached hydrogen (secondary N) is 1. The Bertz CT molecular complexity index is 1760. The highest BCUT2D eigenvalue weighted by atomic mass is 16.6. The van der Waals surface area contributed by atoms with E-state index in [-0.39, 0.29) is 13.1 Å². The van der Waals surface area contributed by atoms with Crippen LogP contribution in [0.2, 0.25) is 0 Å². The molecule has 0 saturated carbocycles. The summed E-state index contributed by atoms with van der Waals surface area (Å²) in [5.41, 5.74) is 2.34. The lowest BCUT2D eigenvalue weighted by Gasteiger charge is -2.31. The SMILES string of the molecule is CC(C)(C)OC(=O)NCc1cccc(N2C(=O)C(C)(CC(=O)O)C(=O)N(Cc3ccc(-c4ccccc4)cc3)c3ccccc32)c1. The molecule has 1 aliphatic rings. The van der Waals surface area contributed by atoms with E-state index in [0.717, 1.165) is 16.7 Å². The van der Waals surface area contributed by atoms with E-state index in [9.17, 15) is 24.3 Å². The third kappa shape index (κ3) is 6.94. The van der Waals surface area contributed by atoms with Gasteiger partial charge in [0.2, 0.25) is 11.8 Å². The minimum absolute atomic E-state index is 0.126. The molecule has 0 aromatic heterocycles. The van der Waals surface area contributed by atoms with E-state index in [1.807, 2.05) is 54.6 Å². The summed E-state index contributed by atoms with van der Waals surface area (Å²) in [6, 6.07) is 31.8. The van der Waals surface area contributed by atoms with Crippen LogP contribution >= 0.6 is 0 Å². The van der Waals surface area contributed by atoms with Crippen LogP contribution in [0.15, 0.2) is 103 Å². The Hall–Kier alpha value is -5.44. The van der Waals surface area contributed by atoms with Gasteiger partial charge in [-0.1, -0.05) is 78.9 Å². The van der Waals surface area contributed by atoms with E-state index in [4.69, 9.17) is 4.74 Å². The molecule has 1 atom stereocenters. The summed E-state index contributed by atoms with van der Waals surface area (Å²) in [6.45, 7) is 6.96. The lowest BCUT2D eigenvalue weighted by molar-refractivity contribution is -0.149. The first-order chi connectivity index (χ1) is 21.9. The van der Waals surface area contributed by atoms with E-state index in [1.54, 1.807) is 69.3 Å². The highest BCUT2D eigenvalue weighted by molar-refractivity contribution is 6.23. The number of carboxylic acids is 1. The first-order valence-corrected chi connectivity index (χ1v) is 15.0. The number of para-hydroxylation sites is 2. The van der Waals surface area contributed by atoms with Gasteiger partial charge in [-0.3, -0.25) is 19.3 Å². The molecule has 1 aliphatic heterocycles. The summed E-state index contributed by atoms with van der Waals surface area (Å²) in [4.78, 5) is 56.1. The molecule has 9 heteroatoms. The molecular weight excluding hydrogens is 582 g/mol. The monoisotopic (exact) mass is 619 g/mol. The van der Waals surface area contributed by atoms with Crippen LogP contribution < -0.4 is 15.1 Å². The van der Waals surface area contributed by atoms with Gasteiger partial charge in [0.1, 0.15) is 11.0 Å². The Morgan fingerprint density at radius 3 is 2.07 bits per heavy atom. The van der Waals surface area contributed by atoms with Gasteiger partial charge in [0.25, 0.3) is 0 Å². The molecule has 236 valence electrons. The van der Waals surface area contributed by atoms with Crippen molar-refractivity contribution in [3.63, 3.8) is 0 Å². The maximum absolute atomic E-state index is 14.4. The number of nitrogens with zero attached hydrogens (tertiary/aromatic N) is 2. The molecule has 0 aliphatic carbocycles. The molecule has 0 spiro atoms. The summed E-state index contributed by atoms with van der Waals surface area (Å²) < 4.78 is 5.34. The number of hydrogen-bond acceptors (Lipinski definition) is 5. The first kappa shape index (κ1) is 32.0. The van der Waals surface area contributed by atoms with Gasteiger partial charge < -0.3 is 20.1 Å². The second kappa shape index (κ2) is 12.9. The van der Waals surface area contributed by atoms with Crippen LogP contribution in [0.3, 0.4) is 0 Å². The Morgan fingerprint density at radius 2 is 1.41 bits per heavy atom. The molecule has 0 bridgehead atoms. The van der Waals surface area contributed by atoms with Gasteiger partial charge in [-0.2, -0.15) is 0 Å². The quantitative estimate of drug-likeness (QED) is 0.204. The average Bonchev–Trinajstić information content (AvgIpc) is 3.08. The van der Waals surface area contributed by atoms with Crippen LogP contribution in [0.1, 0.15) is 45.2 Å². The van der Waals surface area contributed by atoms with Gasteiger partial charge in [-0.25, -0.2) is 4.79 Å². The number of rotatable bonds is 8. The molecule has 4 aromatic rings. The highest BCUT2D eigenvalue weighted by Crippen LogP contribution is 2.44. The zero-order valence-electron chi connectivity index (χ0n) is 26.3. The molecule has 9 nitrogen and oxygen atoms in total. The van der Waals surface area contributed by atoms with Crippen molar-refractivity contribution in [2.24, 2.45) is 5.41 Å². The van der Waals surface area contributed by atoms with E-state index >= 15 is 0 Å². The summed E-state index contributed by atoms with van der Waals surface area (Å²) in [5.74, 6) is -2.53. The normalized spacial score (nSPS) is 16.4. The Balaban J connectivity index is 1.53. The van der Waals surface area contributed by atoms with Crippen molar-refractivity contribution in [2.75, 3.05) is 9.80 Å². The lowest BCUT2D eigenvalue weighted by Crippen LogP contribution is -2.50. The van der Waals surface area contributed by atoms with Crippen LogP contribution in [0, 0.1) is 5.41 Å². The average molecular weight is 620 g/mol. The van der Waals surface area contributed by atoms with Crippen molar-refractivity contribution < 1.29 is 29.0 Å². The molecule has 2 N–H and O–H groups in total. The Labute approximate surface area is 268 Å². The smallest absolute Gasteiger partial charge is 0.407 e. The number of anilines is 3. The number of carbonyl (C=O) groups excluding carboxylic acids is 3. The molecule has 0 saturated heterocycles. The van der Waals surface area contributed by atoms with Crippen LogP contribution in [0.5, 0.6) is 0 Å². The second-order valence-corrected chi connectivity index (χ2v) is 12.5. The maximum Gasteiger partial charge on any atom is 0.407 e. The molecule has 4 aromatic carbocycles. The van der Waals surface area contributed by atoms with E-state index < -0.39 is 41.3 Å². The largest absolute Gasteiger partial charge is 0.481 e. The van der Waals surface area contributed by atoms with Gasteiger partial charge in [0.15, 0.2) is 0 Å². The van der Waals surface area contributed by atoms with Crippen LogP contribution in [0.4, 0.5) is 21.9 Å². The predicted molar refractivity (Wildman–Crippen MR) is 177 cm³/mol. The molecule has 5 rings (SSSR count). The Kier molecular flexibility index (Phi) is 8.96. The number of hydrogen-bond donors (Lipinski definition) is 2. The zero-order valence-corrected chi connectivity index (χ0v) is 26.3. The summed E-state index contributed by atoms with van der Waals surface area (Å²) in [6.07, 6.45) is -1.28. The van der Waals surface area contributed by atoms with Crippen molar-refractivity contribution in [1.82, 2.24) is 5.32 Å². The fourth-order valence-corrected chi connectivity index (χ4v) is 5.51. The van der Waals surface area contributed by atoms with Crippen molar-refractivity contribution in [1.29, 1.82) is 0 Å². The molecule has 1 heterocycles. The van der Waals surface area contributed by atoms with E-state index in [1.165, 1.54) is 16.7 Å². The van der Waals surface area contributed by atoms with Gasteiger partial charge >= 0.3 is 12.1 Å². The summed E-state index contributed by atoms with van der Waals surface area (Å²) >= 11 is 0. The van der Waals surface area contributed by atoms with Gasteiger partial charge in [-0.05, 0) is 74.2 Å². The number of carbonyl (C=O) groups is 4. The van der Waals surface area contributed by atoms with Crippen molar-refractivity contribution >= 4 is 40.9 Å². The third-order valence-corrected chi connectivity index (χ3v) is 7.72. The van der Waals surface area contributed by atoms with Gasteiger partial charge in [0.05, 0.1) is 24.3 Å².